The second kappa shape index (κ2) is 4.73. The first-order valence-electron chi connectivity index (χ1n) is 4.66. The summed E-state index contributed by atoms with van der Waals surface area (Å²) in [5.41, 5.74) is 0.637. The Labute approximate surface area is 89.5 Å². The van der Waals surface area contributed by atoms with E-state index < -0.39 is 10.0 Å². The van der Waals surface area contributed by atoms with Crippen LogP contribution < -0.4 is 10.0 Å². The third-order valence-corrected chi connectivity index (χ3v) is 3.34. The van der Waals surface area contributed by atoms with Crippen molar-refractivity contribution in [3.63, 3.8) is 0 Å². The van der Waals surface area contributed by atoms with E-state index in [-0.39, 0.29) is 5.03 Å². The summed E-state index contributed by atoms with van der Waals surface area (Å²) in [7, 11) is -2.07. The summed E-state index contributed by atoms with van der Waals surface area (Å²) >= 11 is 0. The van der Waals surface area contributed by atoms with Crippen LogP contribution in [-0.2, 0) is 16.6 Å². The molecular formula is C8H16N4O2S. The standard InChI is InChI=1S/C8H16N4O2S/c1-6(2)10-4-7-5-11-12-8(7)15(13,14)9-3/h5-6,9-10H,4H2,1-3H3,(H,11,12). The molecule has 86 valence electrons. The molecule has 0 aliphatic rings. The SMILES string of the molecule is CNS(=O)(=O)c1[nH]ncc1CNC(C)C. The molecule has 1 aromatic heterocycles. The van der Waals surface area contributed by atoms with E-state index >= 15 is 0 Å². The fraction of sp³-hybridized carbons (Fsp3) is 0.625. The van der Waals surface area contributed by atoms with E-state index in [0.29, 0.717) is 18.2 Å². The minimum absolute atomic E-state index is 0.123. The van der Waals surface area contributed by atoms with Gasteiger partial charge < -0.3 is 5.32 Å². The molecule has 0 aliphatic heterocycles. The van der Waals surface area contributed by atoms with Gasteiger partial charge in [0.25, 0.3) is 10.0 Å². The van der Waals surface area contributed by atoms with Crippen LogP contribution in [0.15, 0.2) is 11.2 Å². The predicted molar refractivity (Wildman–Crippen MR) is 56.8 cm³/mol. The van der Waals surface area contributed by atoms with Crippen LogP contribution >= 0.6 is 0 Å². The van der Waals surface area contributed by atoms with Crippen LogP contribution in [0, 0.1) is 0 Å². The molecule has 3 N–H and O–H groups in total. The van der Waals surface area contributed by atoms with Crippen molar-refractivity contribution in [3.05, 3.63) is 11.8 Å². The lowest BCUT2D eigenvalue weighted by Gasteiger charge is -2.07. The summed E-state index contributed by atoms with van der Waals surface area (Å²) in [6, 6.07) is 0.296. The number of nitrogens with zero attached hydrogens (tertiary/aromatic N) is 1. The zero-order chi connectivity index (χ0) is 11.5. The quantitative estimate of drug-likeness (QED) is 0.657. The molecular weight excluding hydrogens is 216 g/mol. The van der Waals surface area contributed by atoms with Crippen LogP contribution in [0.5, 0.6) is 0 Å². The maximum absolute atomic E-state index is 11.5. The predicted octanol–water partition coefficient (Wildman–Crippen LogP) is -0.184. The van der Waals surface area contributed by atoms with Crippen LogP contribution in [0.1, 0.15) is 19.4 Å². The molecule has 7 heteroatoms. The van der Waals surface area contributed by atoms with Gasteiger partial charge in [-0.3, -0.25) is 5.10 Å². The molecule has 0 fully saturated rings. The van der Waals surface area contributed by atoms with E-state index in [1.165, 1.54) is 13.2 Å². The van der Waals surface area contributed by atoms with Gasteiger partial charge in [0, 0.05) is 18.2 Å². The van der Waals surface area contributed by atoms with Crippen molar-refractivity contribution in [2.45, 2.75) is 31.5 Å². The Morgan fingerprint density at radius 2 is 2.20 bits per heavy atom. The average Bonchev–Trinajstić information content (AvgIpc) is 2.63. The Morgan fingerprint density at radius 1 is 1.53 bits per heavy atom. The van der Waals surface area contributed by atoms with E-state index in [1.54, 1.807) is 0 Å². The van der Waals surface area contributed by atoms with Crippen molar-refractivity contribution in [1.82, 2.24) is 20.2 Å². The van der Waals surface area contributed by atoms with Crippen molar-refractivity contribution < 1.29 is 8.42 Å². The lowest BCUT2D eigenvalue weighted by atomic mass is 10.3. The molecule has 0 spiro atoms. The number of rotatable bonds is 5. The number of sulfonamides is 1. The number of H-pyrrole nitrogens is 1. The fourth-order valence-corrected chi connectivity index (χ4v) is 1.92. The fourth-order valence-electron chi connectivity index (χ4n) is 1.07. The topological polar surface area (TPSA) is 86.9 Å². The van der Waals surface area contributed by atoms with E-state index in [2.05, 4.69) is 20.2 Å². The highest BCUT2D eigenvalue weighted by Crippen LogP contribution is 2.10. The maximum atomic E-state index is 11.5. The third-order valence-electron chi connectivity index (χ3n) is 1.92. The van der Waals surface area contributed by atoms with Crippen LogP contribution in [0.2, 0.25) is 0 Å². The molecule has 0 bridgehead atoms. The number of hydrogen-bond donors (Lipinski definition) is 3. The molecule has 0 aromatic carbocycles. The van der Waals surface area contributed by atoms with E-state index in [1.807, 2.05) is 13.8 Å². The van der Waals surface area contributed by atoms with Gasteiger partial charge in [-0.25, -0.2) is 13.1 Å². The minimum atomic E-state index is -3.44. The van der Waals surface area contributed by atoms with Crippen molar-refractivity contribution in [3.8, 4) is 0 Å². The van der Waals surface area contributed by atoms with E-state index in [9.17, 15) is 8.42 Å². The summed E-state index contributed by atoms with van der Waals surface area (Å²) in [5, 5.41) is 9.47. The zero-order valence-electron chi connectivity index (χ0n) is 9.03. The Hall–Kier alpha value is -0.920. The van der Waals surface area contributed by atoms with Gasteiger partial charge in [0.05, 0.1) is 6.20 Å². The van der Waals surface area contributed by atoms with Crippen molar-refractivity contribution in [2.75, 3.05) is 7.05 Å². The van der Waals surface area contributed by atoms with Gasteiger partial charge in [-0.2, -0.15) is 5.10 Å². The molecule has 0 radical (unpaired) electrons. The Balaban J connectivity index is 2.88. The highest BCUT2D eigenvalue weighted by molar-refractivity contribution is 7.89. The maximum Gasteiger partial charge on any atom is 0.257 e. The molecule has 0 saturated carbocycles. The van der Waals surface area contributed by atoms with Crippen molar-refractivity contribution in [1.29, 1.82) is 0 Å². The lowest BCUT2D eigenvalue weighted by molar-refractivity contribution is 0.568. The number of nitrogens with one attached hydrogen (secondary N) is 3. The summed E-state index contributed by atoms with van der Waals surface area (Å²) in [4.78, 5) is 0. The highest BCUT2D eigenvalue weighted by Gasteiger charge is 2.18. The van der Waals surface area contributed by atoms with Gasteiger partial charge in [0.2, 0.25) is 0 Å². The molecule has 1 heterocycles. The van der Waals surface area contributed by atoms with Crippen LogP contribution in [-0.4, -0.2) is 31.7 Å². The second-order valence-electron chi connectivity index (χ2n) is 3.47. The summed E-state index contributed by atoms with van der Waals surface area (Å²) < 4.78 is 25.3. The monoisotopic (exact) mass is 232 g/mol. The molecule has 0 saturated heterocycles. The summed E-state index contributed by atoms with van der Waals surface area (Å²) in [6.07, 6.45) is 1.51. The van der Waals surface area contributed by atoms with Crippen LogP contribution in [0.3, 0.4) is 0 Å². The van der Waals surface area contributed by atoms with Gasteiger partial charge >= 0.3 is 0 Å². The van der Waals surface area contributed by atoms with Crippen molar-refractivity contribution >= 4 is 10.0 Å². The van der Waals surface area contributed by atoms with Gasteiger partial charge in [-0.05, 0) is 7.05 Å². The molecule has 0 unspecified atom stereocenters. The van der Waals surface area contributed by atoms with Gasteiger partial charge in [0.15, 0.2) is 5.03 Å². The molecule has 15 heavy (non-hydrogen) atoms. The minimum Gasteiger partial charge on any atom is -0.310 e. The Bertz CT molecular complexity index is 410. The highest BCUT2D eigenvalue weighted by atomic mass is 32.2. The number of aromatic amines is 1. The molecule has 6 nitrogen and oxygen atoms in total. The summed E-state index contributed by atoms with van der Waals surface area (Å²) in [5.74, 6) is 0. The van der Waals surface area contributed by atoms with E-state index in [4.69, 9.17) is 0 Å². The third kappa shape index (κ3) is 3.01. The zero-order valence-corrected chi connectivity index (χ0v) is 9.85. The van der Waals surface area contributed by atoms with Gasteiger partial charge in [-0.15, -0.1) is 0 Å². The average molecular weight is 232 g/mol. The first-order chi connectivity index (χ1) is 6.97. The van der Waals surface area contributed by atoms with Gasteiger partial charge in [0.1, 0.15) is 0 Å². The number of hydrogen-bond acceptors (Lipinski definition) is 4. The molecule has 1 aromatic rings. The largest absolute Gasteiger partial charge is 0.310 e. The Kier molecular flexibility index (Phi) is 3.83. The second-order valence-corrected chi connectivity index (χ2v) is 5.29. The first kappa shape index (κ1) is 12.2. The van der Waals surface area contributed by atoms with Crippen LogP contribution in [0.4, 0.5) is 0 Å². The van der Waals surface area contributed by atoms with Crippen LogP contribution in [0.25, 0.3) is 0 Å². The molecule has 0 atom stereocenters. The molecule has 1 rings (SSSR count). The Morgan fingerprint density at radius 3 is 2.73 bits per heavy atom. The lowest BCUT2D eigenvalue weighted by Crippen LogP contribution is -2.25. The smallest absolute Gasteiger partial charge is 0.257 e. The van der Waals surface area contributed by atoms with Gasteiger partial charge in [-0.1, -0.05) is 13.8 Å². The molecule has 0 aliphatic carbocycles. The molecule has 0 amide bonds. The first-order valence-corrected chi connectivity index (χ1v) is 6.15. The normalized spacial score (nSPS) is 12.3. The summed E-state index contributed by atoms with van der Waals surface area (Å²) in [6.45, 7) is 4.46. The number of aromatic nitrogens is 2. The van der Waals surface area contributed by atoms with E-state index in [0.717, 1.165) is 0 Å². The van der Waals surface area contributed by atoms with Crippen molar-refractivity contribution in [2.24, 2.45) is 0 Å².